The van der Waals surface area contributed by atoms with Crippen LogP contribution < -0.4 is 4.74 Å². The maximum Gasteiger partial charge on any atom is 0.141 e. The Morgan fingerprint density at radius 2 is 2.20 bits per heavy atom. The van der Waals surface area contributed by atoms with E-state index in [4.69, 9.17) is 4.74 Å². The summed E-state index contributed by atoms with van der Waals surface area (Å²) in [6.45, 7) is 1.92. The van der Waals surface area contributed by atoms with E-state index < -0.39 is 0 Å². The van der Waals surface area contributed by atoms with E-state index in [9.17, 15) is 5.11 Å². The van der Waals surface area contributed by atoms with Crippen LogP contribution in [0.4, 0.5) is 0 Å². The number of aromatic nitrogens is 1. The number of aliphatic hydroxyl groups excluding tert-OH is 1. The minimum absolute atomic E-state index is 0.0540. The first kappa shape index (κ1) is 10.4. The molecule has 1 aliphatic carbocycles. The van der Waals surface area contributed by atoms with Crippen molar-refractivity contribution in [1.82, 2.24) is 4.98 Å². The Morgan fingerprint density at radius 3 is 2.93 bits per heavy atom. The highest BCUT2D eigenvalue weighted by molar-refractivity contribution is 5.25. The van der Waals surface area contributed by atoms with Crippen LogP contribution in [0.2, 0.25) is 0 Å². The lowest BCUT2D eigenvalue weighted by atomic mass is 9.95. The molecule has 1 fully saturated rings. The van der Waals surface area contributed by atoms with E-state index in [2.05, 4.69) is 4.98 Å². The third kappa shape index (κ3) is 2.48. The predicted octanol–water partition coefficient (Wildman–Crippen LogP) is 2.07. The molecule has 0 bridgehead atoms. The van der Waals surface area contributed by atoms with Gasteiger partial charge in [-0.25, -0.2) is 0 Å². The molecule has 0 amide bonds. The van der Waals surface area contributed by atoms with Crippen molar-refractivity contribution in [3.8, 4) is 5.75 Å². The quantitative estimate of drug-likeness (QED) is 0.807. The summed E-state index contributed by atoms with van der Waals surface area (Å²) in [6, 6.07) is 3.77. The van der Waals surface area contributed by atoms with Crippen molar-refractivity contribution in [1.29, 1.82) is 0 Å². The van der Waals surface area contributed by atoms with E-state index in [1.807, 2.05) is 19.1 Å². The summed E-state index contributed by atoms with van der Waals surface area (Å²) < 4.78 is 5.79. The van der Waals surface area contributed by atoms with Crippen molar-refractivity contribution >= 4 is 0 Å². The summed E-state index contributed by atoms with van der Waals surface area (Å²) in [5, 5.41) is 9.78. The maximum atomic E-state index is 9.78. The molecule has 2 rings (SSSR count). The second-order valence-corrected chi connectivity index (χ2v) is 4.10. The van der Waals surface area contributed by atoms with Crippen LogP contribution in [0.3, 0.4) is 0 Å². The molecule has 0 aliphatic heterocycles. The molecule has 82 valence electrons. The third-order valence-electron chi connectivity index (χ3n) is 2.90. The zero-order valence-electron chi connectivity index (χ0n) is 9.02. The van der Waals surface area contributed by atoms with Gasteiger partial charge in [0.2, 0.25) is 0 Å². The zero-order valence-corrected chi connectivity index (χ0v) is 9.02. The van der Waals surface area contributed by atoms with Gasteiger partial charge in [0, 0.05) is 6.20 Å². The van der Waals surface area contributed by atoms with Gasteiger partial charge in [0.15, 0.2) is 0 Å². The summed E-state index contributed by atoms with van der Waals surface area (Å²) in [5.74, 6) is 0.795. The van der Waals surface area contributed by atoms with Crippen molar-refractivity contribution in [2.45, 2.75) is 44.8 Å². The number of ether oxygens (including phenoxy) is 1. The number of aryl methyl sites for hydroxylation is 1. The van der Waals surface area contributed by atoms with Gasteiger partial charge in [-0.15, -0.1) is 0 Å². The fourth-order valence-corrected chi connectivity index (χ4v) is 1.97. The van der Waals surface area contributed by atoms with Crippen LogP contribution in [0.25, 0.3) is 0 Å². The van der Waals surface area contributed by atoms with Crippen LogP contribution in [0.5, 0.6) is 5.75 Å². The van der Waals surface area contributed by atoms with Crippen molar-refractivity contribution in [2.24, 2.45) is 0 Å². The topological polar surface area (TPSA) is 42.4 Å². The molecular weight excluding hydrogens is 190 g/mol. The molecule has 3 heteroatoms. The molecule has 1 saturated carbocycles. The van der Waals surface area contributed by atoms with E-state index in [0.717, 1.165) is 37.1 Å². The average Bonchev–Trinajstić information content (AvgIpc) is 2.24. The van der Waals surface area contributed by atoms with Gasteiger partial charge in [0.05, 0.1) is 11.8 Å². The fourth-order valence-electron chi connectivity index (χ4n) is 1.97. The average molecular weight is 207 g/mol. The summed E-state index contributed by atoms with van der Waals surface area (Å²) in [7, 11) is 0. The van der Waals surface area contributed by atoms with Gasteiger partial charge in [0.25, 0.3) is 0 Å². The third-order valence-corrected chi connectivity index (χ3v) is 2.90. The minimum Gasteiger partial charge on any atom is -0.486 e. The van der Waals surface area contributed by atoms with Gasteiger partial charge in [0.1, 0.15) is 11.9 Å². The number of rotatable bonds is 2. The van der Waals surface area contributed by atoms with Gasteiger partial charge >= 0.3 is 0 Å². The first-order valence-corrected chi connectivity index (χ1v) is 5.54. The first-order valence-electron chi connectivity index (χ1n) is 5.54. The molecule has 2 atom stereocenters. The standard InChI is InChI=1S/C12H17NO2/c1-9-11(7-4-8-13-9)15-12-6-3-2-5-10(12)14/h4,7-8,10,12,14H,2-3,5-6H2,1H3/t10-,12-/m0/s1. The molecule has 1 aromatic heterocycles. The second kappa shape index (κ2) is 4.62. The highest BCUT2D eigenvalue weighted by Crippen LogP contribution is 2.24. The number of aliphatic hydroxyl groups is 1. The Balaban J connectivity index is 2.04. The van der Waals surface area contributed by atoms with E-state index >= 15 is 0 Å². The van der Waals surface area contributed by atoms with Crippen molar-refractivity contribution < 1.29 is 9.84 Å². The Hall–Kier alpha value is -1.09. The molecule has 0 aromatic carbocycles. The SMILES string of the molecule is Cc1ncccc1O[C@H]1CCCC[C@@H]1O. The number of nitrogens with zero attached hydrogens (tertiary/aromatic N) is 1. The van der Waals surface area contributed by atoms with E-state index in [-0.39, 0.29) is 12.2 Å². The molecule has 0 radical (unpaired) electrons. The summed E-state index contributed by atoms with van der Waals surface area (Å²) in [4.78, 5) is 4.16. The predicted molar refractivity (Wildman–Crippen MR) is 57.9 cm³/mol. The lowest BCUT2D eigenvalue weighted by Crippen LogP contribution is -2.34. The smallest absolute Gasteiger partial charge is 0.141 e. The summed E-state index contributed by atoms with van der Waals surface area (Å²) in [6.07, 6.45) is 5.41. The van der Waals surface area contributed by atoms with Crippen molar-refractivity contribution in [3.05, 3.63) is 24.0 Å². The molecule has 1 aromatic rings. The normalized spacial score (nSPS) is 26.3. The number of pyridine rings is 1. The van der Waals surface area contributed by atoms with E-state index in [1.165, 1.54) is 0 Å². The Morgan fingerprint density at radius 1 is 1.40 bits per heavy atom. The van der Waals surface area contributed by atoms with E-state index in [0.29, 0.717) is 0 Å². The molecule has 0 spiro atoms. The highest BCUT2D eigenvalue weighted by atomic mass is 16.5. The van der Waals surface area contributed by atoms with Crippen LogP contribution in [0, 0.1) is 6.92 Å². The summed E-state index contributed by atoms with van der Waals surface area (Å²) >= 11 is 0. The molecule has 3 nitrogen and oxygen atoms in total. The van der Waals surface area contributed by atoms with Gasteiger partial charge in [-0.3, -0.25) is 4.98 Å². The van der Waals surface area contributed by atoms with Crippen molar-refractivity contribution in [3.63, 3.8) is 0 Å². The fraction of sp³-hybridized carbons (Fsp3) is 0.583. The molecule has 1 aliphatic rings. The number of hydrogen-bond donors (Lipinski definition) is 1. The maximum absolute atomic E-state index is 9.78. The first-order chi connectivity index (χ1) is 7.27. The van der Waals surface area contributed by atoms with Gasteiger partial charge < -0.3 is 9.84 Å². The Kier molecular flexibility index (Phi) is 3.21. The second-order valence-electron chi connectivity index (χ2n) is 4.10. The van der Waals surface area contributed by atoms with Crippen molar-refractivity contribution in [2.75, 3.05) is 0 Å². The molecule has 1 heterocycles. The van der Waals surface area contributed by atoms with Crippen LogP contribution in [0.15, 0.2) is 18.3 Å². The number of hydrogen-bond acceptors (Lipinski definition) is 3. The molecule has 15 heavy (non-hydrogen) atoms. The van der Waals surface area contributed by atoms with Gasteiger partial charge in [-0.1, -0.05) is 6.42 Å². The Labute approximate surface area is 90.1 Å². The van der Waals surface area contributed by atoms with E-state index in [1.54, 1.807) is 6.20 Å². The molecule has 0 unspecified atom stereocenters. The van der Waals surface area contributed by atoms with Crippen LogP contribution in [-0.2, 0) is 0 Å². The highest BCUT2D eigenvalue weighted by Gasteiger charge is 2.24. The summed E-state index contributed by atoms with van der Waals surface area (Å²) in [5.41, 5.74) is 0.885. The monoisotopic (exact) mass is 207 g/mol. The lowest BCUT2D eigenvalue weighted by Gasteiger charge is -2.28. The Bertz CT molecular complexity index is 327. The van der Waals surface area contributed by atoms with Crippen LogP contribution >= 0.6 is 0 Å². The van der Waals surface area contributed by atoms with Crippen LogP contribution in [-0.4, -0.2) is 22.3 Å². The lowest BCUT2D eigenvalue weighted by molar-refractivity contribution is 0.00633. The zero-order chi connectivity index (χ0) is 10.7. The van der Waals surface area contributed by atoms with Crippen LogP contribution in [0.1, 0.15) is 31.4 Å². The molecule has 1 N–H and O–H groups in total. The molecule has 0 saturated heterocycles. The largest absolute Gasteiger partial charge is 0.486 e. The minimum atomic E-state index is -0.321. The van der Waals surface area contributed by atoms with Gasteiger partial charge in [-0.05, 0) is 38.3 Å². The van der Waals surface area contributed by atoms with Gasteiger partial charge in [-0.2, -0.15) is 0 Å². The molecular formula is C12H17NO2.